The summed E-state index contributed by atoms with van der Waals surface area (Å²) in [4.78, 5) is 0. The van der Waals surface area contributed by atoms with Crippen LogP contribution in [-0.4, -0.2) is 34.8 Å². The van der Waals surface area contributed by atoms with Crippen LogP contribution in [-0.2, 0) is 17.8 Å². The van der Waals surface area contributed by atoms with E-state index in [4.69, 9.17) is 4.74 Å². The molecule has 5 heteroatoms. The Morgan fingerprint density at radius 2 is 2.19 bits per heavy atom. The molecule has 1 atom stereocenters. The Hall–Kier alpha value is -0.940. The Morgan fingerprint density at radius 1 is 1.44 bits per heavy atom. The molecule has 16 heavy (non-hydrogen) atoms. The van der Waals surface area contributed by atoms with Gasteiger partial charge in [0, 0.05) is 19.9 Å². The van der Waals surface area contributed by atoms with Crippen molar-refractivity contribution in [3.05, 3.63) is 11.9 Å². The van der Waals surface area contributed by atoms with Gasteiger partial charge in [0.15, 0.2) is 0 Å². The number of hydrogen-bond donors (Lipinski definition) is 1. The second-order valence-electron chi connectivity index (χ2n) is 4.50. The van der Waals surface area contributed by atoms with E-state index in [-0.39, 0.29) is 6.10 Å². The molecule has 0 aromatic carbocycles. The van der Waals surface area contributed by atoms with Crippen LogP contribution in [0.15, 0.2) is 6.20 Å². The number of methoxy groups -OCH3 is 1. The summed E-state index contributed by atoms with van der Waals surface area (Å²) in [7, 11) is 1.70. The fraction of sp³-hybridized carbons (Fsp3) is 0.818. The highest BCUT2D eigenvalue weighted by molar-refractivity contribution is 4.91. The lowest BCUT2D eigenvalue weighted by molar-refractivity contribution is 0.0993. The topological polar surface area (TPSA) is 52.0 Å². The monoisotopic (exact) mass is 226 g/mol. The number of ether oxygens (including phenoxy) is 1. The van der Waals surface area contributed by atoms with Crippen molar-refractivity contribution in [2.45, 2.75) is 40.0 Å². The van der Waals surface area contributed by atoms with Crippen molar-refractivity contribution in [1.29, 1.82) is 0 Å². The van der Waals surface area contributed by atoms with Gasteiger partial charge in [-0.15, -0.1) is 5.10 Å². The van der Waals surface area contributed by atoms with Gasteiger partial charge in [-0.1, -0.05) is 19.1 Å². The van der Waals surface area contributed by atoms with Crippen LogP contribution in [0.3, 0.4) is 0 Å². The summed E-state index contributed by atoms with van der Waals surface area (Å²) < 4.78 is 6.99. The SMILES string of the molecule is COC(C)Cn1cc(CNCC(C)C)nn1. The summed E-state index contributed by atoms with van der Waals surface area (Å²) in [6.45, 7) is 8.90. The van der Waals surface area contributed by atoms with Crippen LogP contribution in [0.5, 0.6) is 0 Å². The predicted octanol–water partition coefficient (Wildman–Crippen LogP) is 1.06. The molecule has 0 bridgehead atoms. The molecule has 0 amide bonds. The second-order valence-corrected chi connectivity index (χ2v) is 4.50. The Morgan fingerprint density at radius 3 is 2.81 bits per heavy atom. The zero-order valence-corrected chi connectivity index (χ0v) is 10.6. The molecule has 0 saturated carbocycles. The van der Waals surface area contributed by atoms with E-state index in [1.807, 2.05) is 17.8 Å². The minimum absolute atomic E-state index is 0.165. The van der Waals surface area contributed by atoms with Crippen LogP contribution >= 0.6 is 0 Å². The molecule has 1 aromatic rings. The molecule has 0 fully saturated rings. The van der Waals surface area contributed by atoms with E-state index >= 15 is 0 Å². The molecule has 0 aliphatic heterocycles. The molecule has 1 heterocycles. The minimum atomic E-state index is 0.165. The first-order valence-electron chi connectivity index (χ1n) is 5.74. The third-order valence-electron chi connectivity index (χ3n) is 2.29. The molecule has 5 nitrogen and oxygen atoms in total. The van der Waals surface area contributed by atoms with E-state index in [0.717, 1.165) is 25.3 Å². The highest BCUT2D eigenvalue weighted by Crippen LogP contribution is 1.97. The van der Waals surface area contributed by atoms with E-state index in [9.17, 15) is 0 Å². The average Bonchev–Trinajstić information content (AvgIpc) is 2.65. The summed E-state index contributed by atoms with van der Waals surface area (Å²) in [5.41, 5.74) is 0.976. The summed E-state index contributed by atoms with van der Waals surface area (Å²) in [5.74, 6) is 0.656. The van der Waals surface area contributed by atoms with Crippen molar-refractivity contribution in [1.82, 2.24) is 20.3 Å². The smallest absolute Gasteiger partial charge is 0.0964 e. The third kappa shape index (κ3) is 4.72. The van der Waals surface area contributed by atoms with Crippen molar-refractivity contribution < 1.29 is 4.74 Å². The lowest BCUT2D eigenvalue weighted by Gasteiger charge is -2.07. The summed E-state index contributed by atoms with van der Waals surface area (Å²) in [5, 5.41) is 11.5. The molecule has 0 aliphatic rings. The zero-order valence-electron chi connectivity index (χ0n) is 10.6. The largest absolute Gasteiger partial charge is 0.380 e. The second kappa shape index (κ2) is 6.60. The molecule has 0 aliphatic carbocycles. The number of nitrogens with zero attached hydrogens (tertiary/aromatic N) is 3. The van der Waals surface area contributed by atoms with Gasteiger partial charge in [-0.3, -0.25) is 0 Å². The maximum absolute atomic E-state index is 5.17. The van der Waals surface area contributed by atoms with E-state index in [0.29, 0.717) is 5.92 Å². The number of hydrogen-bond acceptors (Lipinski definition) is 4. The summed E-state index contributed by atoms with van der Waals surface area (Å²) >= 11 is 0. The Balaban J connectivity index is 2.33. The van der Waals surface area contributed by atoms with Crippen molar-refractivity contribution >= 4 is 0 Å². The zero-order chi connectivity index (χ0) is 12.0. The van der Waals surface area contributed by atoms with E-state index in [1.54, 1.807) is 7.11 Å². The lowest BCUT2D eigenvalue weighted by atomic mass is 10.2. The van der Waals surface area contributed by atoms with Gasteiger partial charge in [0.1, 0.15) is 0 Å². The summed E-state index contributed by atoms with van der Waals surface area (Å²) in [6.07, 6.45) is 2.13. The Labute approximate surface area is 97.2 Å². The molecule has 0 saturated heterocycles. The molecule has 1 unspecified atom stereocenters. The van der Waals surface area contributed by atoms with Crippen molar-refractivity contribution in [3.8, 4) is 0 Å². The third-order valence-corrected chi connectivity index (χ3v) is 2.29. The quantitative estimate of drug-likeness (QED) is 0.755. The molecule has 1 aromatic heterocycles. The fourth-order valence-electron chi connectivity index (χ4n) is 1.34. The van der Waals surface area contributed by atoms with Gasteiger partial charge in [-0.05, 0) is 19.4 Å². The van der Waals surface area contributed by atoms with Gasteiger partial charge in [0.25, 0.3) is 0 Å². The Bertz CT molecular complexity index is 298. The van der Waals surface area contributed by atoms with Crippen LogP contribution < -0.4 is 5.32 Å². The number of rotatable bonds is 7. The maximum Gasteiger partial charge on any atom is 0.0964 e. The molecular formula is C11H22N4O. The standard InChI is InChI=1S/C11H22N4O/c1-9(2)5-12-6-11-8-15(14-13-11)7-10(3)16-4/h8-10,12H,5-7H2,1-4H3. The molecule has 0 radical (unpaired) electrons. The van der Waals surface area contributed by atoms with Crippen molar-refractivity contribution in [2.75, 3.05) is 13.7 Å². The fourth-order valence-corrected chi connectivity index (χ4v) is 1.34. The number of nitrogens with one attached hydrogen (secondary N) is 1. The van der Waals surface area contributed by atoms with E-state index in [2.05, 4.69) is 29.5 Å². The van der Waals surface area contributed by atoms with Gasteiger partial charge in [0.05, 0.1) is 18.3 Å². The molecule has 0 spiro atoms. The van der Waals surface area contributed by atoms with Crippen LogP contribution in [0, 0.1) is 5.92 Å². The van der Waals surface area contributed by atoms with E-state index < -0.39 is 0 Å². The van der Waals surface area contributed by atoms with Crippen LogP contribution in [0.25, 0.3) is 0 Å². The van der Waals surface area contributed by atoms with Gasteiger partial charge < -0.3 is 10.1 Å². The highest BCUT2D eigenvalue weighted by atomic mass is 16.5. The van der Waals surface area contributed by atoms with Gasteiger partial charge in [-0.25, -0.2) is 4.68 Å². The van der Waals surface area contributed by atoms with Crippen LogP contribution in [0.2, 0.25) is 0 Å². The van der Waals surface area contributed by atoms with Crippen molar-refractivity contribution in [3.63, 3.8) is 0 Å². The molecular weight excluding hydrogens is 204 g/mol. The van der Waals surface area contributed by atoms with Gasteiger partial charge >= 0.3 is 0 Å². The first-order chi connectivity index (χ1) is 7.61. The molecule has 92 valence electrons. The summed E-state index contributed by atoms with van der Waals surface area (Å²) in [6, 6.07) is 0. The van der Waals surface area contributed by atoms with Gasteiger partial charge in [0.2, 0.25) is 0 Å². The molecule has 1 N–H and O–H groups in total. The molecule has 1 rings (SSSR count). The Kier molecular flexibility index (Phi) is 5.42. The first kappa shape index (κ1) is 13.1. The number of aromatic nitrogens is 3. The van der Waals surface area contributed by atoms with Crippen LogP contribution in [0.1, 0.15) is 26.5 Å². The van der Waals surface area contributed by atoms with Gasteiger partial charge in [-0.2, -0.15) is 0 Å². The van der Waals surface area contributed by atoms with Crippen molar-refractivity contribution in [2.24, 2.45) is 5.92 Å². The predicted molar refractivity (Wildman–Crippen MR) is 63.0 cm³/mol. The van der Waals surface area contributed by atoms with E-state index in [1.165, 1.54) is 0 Å². The highest BCUT2D eigenvalue weighted by Gasteiger charge is 2.04. The minimum Gasteiger partial charge on any atom is -0.380 e. The normalized spacial score (nSPS) is 13.3. The average molecular weight is 226 g/mol. The maximum atomic E-state index is 5.17. The lowest BCUT2D eigenvalue weighted by Crippen LogP contribution is -2.19. The van der Waals surface area contributed by atoms with Crippen LogP contribution in [0.4, 0.5) is 0 Å². The first-order valence-corrected chi connectivity index (χ1v) is 5.74.